The summed E-state index contributed by atoms with van der Waals surface area (Å²) in [6, 6.07) is 3.63. The van der Waals surface area contributed by atoms with Gasteiger partial charge in [-0.3, -0.25) is 9.63 Å². The van der Waals surface area contributed by atoms with Crippen LogP contribution >= 0.6 is 0 Å². The molecule has 0 radical (unpaired) electrons. The van der Waals surface area contributed by atoms with Crippen LogP contribution in [0.2, 0.25) is 0 Å². The maximum atomic E-state index is 13.2. The predicted molar refractivity (Wildman–Crippen MR) is 56.4 cm³/mol. The molecule has 1 amide bonds. The average Bonchev–Trinajstić information content (AvgIpc) is 2.13. The standard InChI is InChI=1S/C11H14FNO3/c1-11(2,3)16-13-10(15)9-7(12)5-4-6-8(9)14/h4-6,14H,1-3H3,(H,13,15). The van der Waals surface area contributed by atoms with Gasteiger partial charge in [0, 0.05) is 0 Å². The topological polar surface area (TPSA) is 58.6 Å². The fraction of sp³-hybridized carbons (Fsp3) is 0.364. The van der Waals surface area contributed by atoms with Crippen LogP contribution in [0.25, 0.3) is 0 Å². The summed E-state index contributed by atoms with van der Waals surface area (Å²) in [6.07, 6.45) is 0. The van der Waals surface area contributed by atoms with Crippen molar-refractivity contribution in [2.45, 2.75) is 26.4 Å². The van der Waals surface area contributed by atoms with Crippen molar-refractivity contribution in [3.63, 3.8) is 0 Å². The minimum absolute atomic E-state index is 0.421. The Kier molecular flexibility index (Phi) is 3.49. The van der Waals surface area contributed by atoms with Gasteiger partial charge >= 0.3 is 0 Å². The molecule has 88 valence electrons. The quantitative estimate of drug-likeness (QED) is 0.759. The van der Waals surface area contributed by atoms with E-state index in [1.165, 1.54) is 12.1 Å². The Hall–Kier alpha value is -1.62. The lowest BCUT2D eigenvalue weighted by atomic mass is 10.2. The minimum Gasteiger partial charge on any atom is -0.507 e. The fourth-order valence-corrected chi connectivity index (χ4v) is 0.988. The Morgan fingerprint density at radius 2 is 2.06 bits per heavy atom. The predicted octanol–water partition coefficient (Wildman–Crippen LogP) is 1.99. The van der Waals surface area contributed by atoms with Crippen molar-refractivity contribution in [3.05, 3.63) is 29.6 Å². The molecule has 16 heavy (non-hydrogen) atoms. The van der Waals surface area contributed by atoms with E-state index >= 15 is 0 Å². The van der Waals surface area contributed by atoms with Crippen LogP contribution in [-0.4, -0.2) is 16.6 Å². The number of phenolic OH excluding ortho intramolecular Hbond substituents is 1. The summed E-state index contributed by atoms with van der Waals surface area (Å²) in [6.45, 7) is 5.19. The number of amides is 1. The van der Waals surface area contributed by atoms with Gasteiger partial charge in [-0.15, -0.1) is 0 Å². The Bertz CT molecular complexity index is 378. The number of nitrogens with one attached hydrogen (secondary N) is 1. The molecule has 0 saturated carbocycles. The van der Waals surface area contributed by atoms with Crippen LogP contribution in [0.4, 0.5) is 4.39 Å². The summed E-state index contributed by atoms with van der Waals surface area (Å²) in [7, 11) is 0. The molecule has 1 aromatic rings. The highest BCUT2D eigenvalue weighted by Gasteiger charge is 2.19. The van der Waals surface area contributed by atoms with E-state index in [0.717, 1.165) is 6.07 Å². The first-order chi connectivity index (χ1) is 7.31. The zero-order valence-corrected chi connectivity index (χ0v) is 9.37. The molecule has 0 bridgehead atoms. The van der Waals surface area contributed by atoms with Gasteiger partial charge in [-0.2, -0.15) is 0 Å². The smallest absolute Gasteiger partial charge is 0.281 e. The molecule has 4 nitrogen and oxygen atoms in total. The van der Waals surface area contributed by atoms with E-state index in [4.69, 9.17) is 4.84 Å². The first kappa shape index (κ1) is 12.4. The third-order valence-electron chi connectivity index (χ3n) is 1.67. The maximum Gasteiger partial charge on any atom is 0.281 e. The van der Waals surface area contributed by atoms with Gasteiger partial charge in [0.2, 0.25) is 0 Å². The minimum atomic E-state index is -0.814. The molecule has 0 unspecified atom stereocenters. The zero-order valence-electron chi connectivity index (χ0n) is 9.37. The van der Waals surface area contributed by atoms with Crippen LogP contribution in [0, 0.1) is 5.82 Å². The molecular formula is C11H14FNO3. The number of phenols is 1. The molecule has 0 spiro atoms. The lowest BCUT2D eigenvalue weighted by Crippen LogP contribution is -2.34. The van der Waals surface area contributed by atoms with Gasteiger partial charge in [-0.05, 0) is 32.9 Å². The molecule has 5 heteroatoms. The van der Waals surface area contributed by atoms with Crippen LogP contribution in [0.15, 0.2) is 18.2 Å². The molecule has 0 heterocycles. The summed E-state index contributed by atoms with van der Waals surface area (Å²) in [5.41, 5.74) is 1.07. The number of carbonyl (C=O) groups excluding carboxylic acids is 1. The first-order valence-corrected chi connectivity index (χ1v) is 4.77. The van der Waals surface area contributed by atoms with Gasteiger partial charge in [-0.25, -0.2) is 9.87 Å². The van der Waals surface area contributed by atoms with Crippen LogP contribution in [-0.2, 0) is 4.84 Å². The second kappa shape index (κ2) is 4.49. The van der Waals surface area contributed by atoms with Crippen molar-refractivity contribution in [2.75, 3.05) is 0 Å². The zero-order chi connectivity index (χ0) is 12.3. The van der Waals surface area contributed by atoms with Crippen molar-refractivity contribution in [1.29, 1.82) is 0 Å². The summed E-state index contributed by atoms with van der Waals surface area (Å²) in [5.74, 6) is -2.03. The summed E-state index contributed by atoms with van der Waals surface area (Å²) < 4.78 is 13.2. The van der Waals surface area contributed by atoms with Crippen molar-refractivity contribution in [2.24, 2.45) is 0 Å². The summed E-state index contributed by atoms with van der Waals surface area (Å²) in [4.78, 5) is 16.5. The second-order valence-corrected chi connectivity index (χ2v) is 4.28. The van der Waals surface area contributed by atoms with E-state index in [0.29, 0.717) is 0 Å². The SMILES string of the molecule is CC(C)(C)ONC(=O)c1c(O)cccc1F. The molecule has 0 aliphatic rings. The molecule has 0 atom stereocenters. The Labute approximate surface area is 93.0 Å². The van der Waals surface area contributed by atoms with Crippen molar-refractivity contribution < 1.29 is 19.1 Å². The number of aromatic hydroxyl groups is 1. The highest BCUT2D eigenvalue weighted by Crippen LogP contribution is 2.19. The average molecular weight is 227 g/mol. The second-order valence-electron chi connectivity index (χ2n) is 4.28. The lowest BCUT2D eigenvalue weighted by Gasteiger charge is -2.19. The van der Waals surface area contributed by atoms with Crippen LogP contribution in [0.5, 0.6) is 5.75 Å². The third-order valence-corrected chi connectivity index (χ3v) is 1.67. The fourth-order valence-electron chi connectivity index (χ4n) is 0.988. The first-order valence-electron chi connectivity index (χ1n) is 4.77. The molecule has 0 aliphatic heterocycles. The Morgan fingerprint density at radius 1 is 1.44 bits per heavy atom. The van der Waals surface area contributed by atoms with Gasteiger partial charge in [0.05, 0.1) is 5.60 Å². The van der Waals surface area contributed by atoms with Crippen LogP contribution < -0.4 is 5.48 Å². The highest BCUT2D eigenvalue weighted by molar-refractivity contribution is 5.96. The summed E-state index contributed by atoms with van der Waals surface area (Å²) in [5, 5.41) is 9.33. The summed E-state index contributed by atoms with van der Waals surface area (Å²) >= 11 is 0. The normalized spacial score (nSPS) is 11.2. The molecule has 2 N–H and O–H groups in total. The van der Waals surface area contributed by atoms with Crippen LogP contribution in [0.3, 0.4) is 0 Å². The molecule has 1 rings (SSSR count). The van der Waals surface area contributed by atoms with Crippen molar-refractivity contribution in [3.8, 4) is 5.75 Å². The maximum absolute atomic E-state index is 13.2. The number of hydrogen-bond acceptors (Lipinski definition) is 3. The number of halogens is 1. The molecule has 1 aromatic carbocycles. The largest absolute Gasteiger partial charge is 0.507 e. The van der Waals surface area contributed by atoms with E-state index in [1.54, 1.807) is 20.8 Å². The number of carbonyl (C=O) groups is 1. The van der Waals surface area contributed by atoms with E-state index in [9.17, 15) is 14.3 Å². The van der Waals surface area contributed by atoms with Gasteiger partial charge in [0.25, 0.3) is 5.91 Å². The molecule has 0 fully saturated rings. The van der Waals surface area contributed by atoms with Crippen molar-refractivity contribution >= 4 is 5.91 Å². The van der Waals surface area contributed by atoms with E-state index in [-0.39, 0.29) is 0 Å². The Morgan fingerprint density at radius 3 is 2.56 bits per heavy atom. The van der Waals surface area contributed by atoms with Gasteiger partial charge in [0.15, 0.2) is 0 Å². The molecular weight excluding hydrogens is 213 g/mol. The van der Waals surface area contributed by atoms with E-state index < -0.39 is 28.6 Å². The number of benzene rings is 1. The number of hydroxylamine groups is 1. The molecule has 0 saturated heterocycles. The Balaban J connectivity index is 2.81. The molecule has 0 aromatic heterocycles. The van der Waals surface area contributed by atoms with E-state index in [1.807, 2.05) is 0 Å². The van der Waals surface area contributed by atoms with Gasteiger partial charge in [-0.1, -0.05) is 6.07 Å². The molecule has 0 aliphatic carbocycles. The highest BCUT2D eigenvalue weighted by atomic mass is 19.1. The third kappa shape index (κ3) is 3.20. The van der Waals surface area contributed by atoms with Crippen LogP contribution in [0.1, 0.15) is 31.1 Å². The van der Waals surface area contributed by atoms with Gasteiger partial charge in [0.1, 0.15) is 17.1 Å². The number of hydrogen-bond donors (Lipinski definition) is 2. The monoisotopic (exact) mass is 227 g/mol. The number of rotatable bonds is 2. The van der Waals surface area contributed by atoms with Crippen molar-refractivity contribution in [1.82, 2.24) is 5.48 Å². The lowest BCUT2D eigenvalue weighted by molar-refractivity contribution is -0.0592. The van der Waals surface area contributed by atoms with E-state index in [2.05, 4.69) is 5.48 Å². The van der Waals surface area contributed by atoms with Gasteiger partial charge < -0.3 is 5.11 Å².